The van der Waals surface area contributed by atoms with Crippen molar-refractivity contribution in [2.24, 2.45) is 7.05 Å². The molecule has 5 heteroatoms. The maximum atomic E-state index is 12.9. The molecule has 0 saturated carbocycles. The molecule has 4 nitrogen and oxygen atoms in total. The number of hydrogen-bond acceptors (Lipinski definition) is 2. The minimum absolute atomic E-state index is 0.0912. The number of hydrogen-bond donors (Lipinski definition) is 0. The van der Waals surface area contributed by atoms with Gasteiger partial charge in [0.1, 0.15) is 0 Å². The summed E-state index contributed by atoms with van der Waals surface area (Å²) in [4.78, 5) is 14.8. The molecule has 1 atom stereocenters. The average Bonchev–Trinajstić information content (AvgIpc) is 3.09. The summed E-state index contributed by atoms with van der Waals surface area (Å²) in [5.74, 6) is 0.159. The zero-order valence-electron chi connectivity index (χ0n) is 13.8. The predicted molar refractivity (Wildman–Crippen MR) is 91.5 cm³/mol. The molecule has 2 aromatic rings. The lowest BCUT2D eigenvalue weighted by Crippen LogP contribution is -2.32. The maximum Gasteiger partial charge on any atom is 0.227 e. The second kappa shape index (κ2) is 6.36. The zero-order chi connectivity index (χ0) is 16.6. The minimum Gasteiger partial charge on any atom is -0.335 e. The molecule has 23 heavy (non-hydrogen) atoms. The minimum atomic E-state index is 0.0912. The fraction of sp³-hybridized carbons (Fsp3) is 0.444. The van der Waals surface area contributed by atoms with Gasteiger partial charge in [-0.2, -0.15) is 5.10 Å². The maximum absolute atomic E-state index is 12.9. The van der Waals surface area contributed by atoms with E-state index in [1.54, 1.807) is 0 Å². The Bertz CT molecular complexity index is 738. The highest BCUT2D eigenvalue weighted by Gasteiger charge is 2.31. The Morgan fingerprint density at radius 3 is 2.74 bits per heavy atom. The van der Waals surface area contributed by atoms with E-state index in [0.29, 0.717) is 6.42 Å². The van der Waals surface area contributed by atoms with E-state index >= 15 is 0 Å². The first-order valence-electron chi connectivity index (χ1n) is 8.02. The van der Waals surface area contributed by atoms with Gasteiger partial charge in [-0.1, -0.05) is 29.8 Å². The summed E-state index contributed by atoms with van der Waals surface area (Å²) in [5.41, 5.74) is 4.10. The smallest absolute Gasteiger partial charge is 0.227 e. The van der Waals surface area contributed by atoms with Crippen LogP contribution in [0.1, 0.15) is 41.4 Å². The van der Waals surface area contributed by atoms with E-state index in [0.717, 1.165) is 46.9 Å². The summed E-state index contributed by atoms with van der Waals surface area (Å²) >= 11 is 6.34. The van der Waals surface area contributed by atoms with Crippen LogP contribution in [0.3, 0.4) is 0 Å². The second-order valence-electron chi connectivity index (χ2n) is 6.22. The third-order valence-corrected chi connectivity index (χ3v) is 5.17. The van der Waals surface area contributed by atoms with Crippen molar-refractivity contribution >= 4 is 17.5 Å². The Morgan fingerprint density at radius 1 is 1.35 bits per heavy atom. The monoisotopic (exact) mass is 331 g/mol. The average molecular weight is 332 g/mol. The van der Waals surface area contributed by atoms with Crippen molar-refractivity contribution in [1.82, 2.24) is 14.7 Å². The largest absolute Gasteiger partial charge is 0.335 e. The van der Waals surface area contributed by atoms with Crippen LogP contribution < -0.4 is 0 Å². The van der Waals surface area contributed by atoms with Crippen molar-refractivity contribution in [3.8, 4) is 0 Å². The summed E-state index contributed by atoms with van der Waals surface area (Å²) in [6.45, 7) is 4.77. The molecule has 1 unspecified atom stereocenters. The lowest BCUT2D eigenvalue weighted by molar-refractivity contribution is -0.131. The number of aryl methyl sites for hydroxylation is 2. The number of rotatable bonds is 3. The Kier molecular flexibility index (Phi) is 4.44. The number of likely N-dealkylation sites (tertiary alicyclic amines) is 1. The van der Waals surface area contributed by atoms with Gasteiger partial charge in [0.15, 0.2) is 0 Å². The van der Waals surface area contributed by atoms with Crippen molar-refractivity contribution in [1.29, 1.82) is 0 Å². The van der Waals surface area contributed by atoms with Crippen molar-refractivity contribution in [2.45, 2.75) is 39.2 Å². The number of aromatic nitrogens is 2. The molecule has 0 spiro atoms. The molecular formula is C18H22ClN3O. The molecule has 1 saturated heterocycles. The first-order valence-corrected chi connectivity index (χ1v) is 8.39. The fourth-order valence-electron chi connectivity index (χ4n) is 3.46. The van der Waals surface area contributed by atoms with Crippen LogP contribution in [0, 0.1) is 13.8 Å². The quantitative estimate of drug-likeness (QED) is 0.862. The van der Waals surface area contributed by atoms with Gasteiger partial charge in [-0.25, -0.2) is 0 Å². The highest BCUT2D eigenvalue weighted by Crippen LogP contribution is 2.36. The van der Waals surface area contributed by atoms with E-state index in [1.165, 1.54) is 0 Å². The van der Waals surface area contributed by atoms with E-state index in [1.807, 2.05) is 54.7 Å². The lowest BCUT2D eigenvalue weighted by Gasteiger charge is -2.26. The molecule has 1 fully saturated rings. The van der Waals surface area contributed by atoms with Crippen LogP contribution in [0.4, 0.5) is 0 Å². The van der Waals surface area contributed by atoms with Gasteiger partial charge in [0.2, 0.25) is 5.91 Å². The van der Waals surface area contributed by atoms with Crippen LogP contribution in [-0.2, 0) is 18.3 Å². The highest BCUT2D eigenvalue weighted by atomic mass is 35.5. The molecule has 0 radical (unpaired) electrons. The molecule has 122 valence electrons. The van der Waals surface area contributed by atoms with Crippen LogP contribution in [0.25, 0.3) is 0 Å². The van der Waals surface area contributed by atoms with Gasteiger partial charge < -0.3 is 4.90 Å². The summed E-state index contributed by atoms with van der Waals surface area (Å²) < 4.78 is 1.84. The molecule has 1 amide bonds. The van der Waals surface area contributed by atoms with Gasteiger partial charge in [-0.05, 0) is 38.3 Å². The summed E-state index contributed by atoms with van der Waals surface area (Å²) in [5, 5.41) is 5.15. The van der Waals surface area contributed by atoms with E-state index in [-0.39, 0.29) is 11.9 Å². The topological polar surface area (TPSA) is 38.1 Å². The first-order chi connectivity index (χ1) is 11.0. The van der Waals surface area contributed by atoms with Crippen LogP contribution in [-0.4, -0.2) is 27.1 Å². The van der Waals surface area contributed by atoms with Gasteiger partial charge in [0.25, 0.3) is 0 Å². The Labute approximate surface area is 142 Å². The SMILES string of the molecule is Cc1nn(C)c(C)c1CC(=O)N1CCCC1c1ccccc1Cl. The third-order valence-electron chi connectivity index (χ3n) is 4.82. The molecule has 3 rings (SSSR count). The van der Waals surface area contributed by atoms with Crippen LogP contribution in [0.5, 0.6) is 0 Å². The molecule has 1 aliphatic heterocycles. The van der Waals surface area contributed by atoms with Gasteiger partial charge in [0, 0.05) is 29.9 Å². The molecule has 2 heterocycles. The number of carbonyl (C=O) groups is 1. The number of halogens is 1. The number of amides is 1. The second-order valence-corrected chi connectivity index (χ2v) is 6.62. The van der Waals surface area contributed by atoms with E-state index in [4.69, 9.17) is 11.6 Å². The fourth-order valence-corrected chi connectivity index (χ4v) is 3.72. The van der Waals surface area contributed by atoms with E-state index in [2.05, 4.69) is 5.10 Å². The molecule has 1 aromatic carbocycles. The van der Waals surface area contributed by atoms with Gasteiger partial charge in [0.05, 0.1) is 18.2 Å². The lowest BCUT2D eigenvalue weighted by atomic mass is 10.0. The van der Waals surface area contributed by atoms with Crippen molar-refractivity contribution in [3.05, 3.63) is 51.8 Å². The molecular weight excluding hydrogens is 310 g/mol. The molecule has 1 aliphatic rings. The van der Waals surface area contributed by atoms with Crippen molar-refractivity contribution in [2.75, 3.05) is 6.54 Å². The third kappa shape index (κ3) is 3.00. The summed E-state index contributed by atoms with van der Waals surface area (Å²) in [7, 11) is 1.92. The number of benzene rings is 1. The predicted octanol–water partition coefficient (Wildman–Crippen LogP) is 3.60. The Hall–Kier alpha value is -1.81. The number of carbonyl (C=O) groups excluding carboxylic acids is 1. The normalized spacial score (nSPS) is 17.7. The molecule has 0 aliphatic carbocycles. The first kappa shape index (κ1) is 16.1. The van der Waals surface area contributed by atoms with Gasteiger partial charge >= 0.3 is 0 Å². The Morgan fingerprint density at radius 2 is 2.09 bits per heavy atom. The summed E-state index contributed by atoms with van der Waals surface area (Å²) in [6, 6.07) is 7.92. The molecule has 1 aromatic heterocycles. The van der Waals surface area contributed by atoms with Crippen molar-refractivity contribution in [3.63, 3.8) is 0 Å². The zero-order valence-corrected chi connectivity index (χ0v) is 14.6. The summed E-state index contributed by atoms with van der Waals surface area (Å²) in [6.07, 6.45) is 2.40. The van der Waals surface area contributed by atoms with Crippen LogP contribution in [0.15, 0.2) is 24.3 Å². The van der Waals surface area contributed by atoms with E-state index < -0.39 is 0 Å². The van der Waals surface area contributed by atoms with Crippen LogP contribution >= 0.6 is 11.6 Å². The molecule has 0 N–H and O–H groups in total. The van der Waals surface area contributed by atoms with Gasteiger partial charge in [-0.15, -0.1) is 0 Å². The van der Waals surface area contributed by atoms with E-state index in [9.17, 15) is 4.79 Å². The Balaban J connectivity index is 1.83. The standard InChI is InChI=1S/C18H22ClN3O/c1-12-15(13(2)21(3)20-12)11-18(23)22-10-6-9-17(22)14-7-4-5-8-16(14)19/h4-5,7-8,17H,6,9-11H2,1-3H3. The highest BCUT2D eigenvalue weighted by molar-refractivity contribution is 6.31. The number of nitrogens with zero attached hydrogens (tertiary/aromatic N) is 3. The van der Waals surface area contributed by atoms with Gasteiger partial charge in [-0.3, -0.25) is 9.48 Å². The van der Waals surface area contributed by atoms with Crippen LogP contribution in [0.2, 0.25) is 5.02 Å². The molecule has 0 bridgehead atoms. The van der Waals surface area contributed by atoms with Crippen molar-refractivity contribution < 1.29 is 4.79 Å².